The van der Waals surface area contributed by atoms with Crippen LogP contribution in [-0.2, 0) is 14.3 Å². The molecule has 2 bridgehead atoms. The Bertz CT molecular complexity index is 751. The van der Waals surface area contributed by atoms with Gasteiger partial charge in [0.1, 0.15) is 11.4 Å². The molecule has 0 radical (unpaired) electrons. The molecule has 4 atom stereocenters. The summed E-state index contributed by atoms with van der Waals surface area (Å²) in [5.41, 5.74) is -0.700. The first-order chi connectivity index (χ1) is 11.6. The molecule has 1 aromatic rings. The van der Waals surface area contributed by atoms with Gasteiger partial charge in [-0.3, -0.25) is 14.5 Å². The molecule has 7 nitrogen and oxygen atoms in total. The number of likely N-dealkylation sites (tertiary alicyclic amines) is 1. The number of carbonyl (C=O) groups is 2. The molecule has 5 rings (SSSR count). The molecule has 126 valence electrons. The highest BCUT2D eigenvalue weighted by molar-refractivity contribution is 6.02. The molecular formula is C17H19N3O4. The van der Waals surface area contributed by atoms with Gasteiger partial charge in [0.15, 0.2) is 5.82 Å². The van der Waals surface area contributed by atoms with E-state index < -0.39 is 17.4 Å². The summed E-state index contributed by atoms with van der Waals surface area (Å²) < 4.78 is 11.2. The van der Waals surface area contributed by atoms with Crippen LogP contribution in [0.2, 0.25) is 0 Å². The third-order valence-electron chi connectivity index (χ3n) is 5.70. The average molecular weight is 329 g/mol. The van der Waals surface area contributed by atoms with Gasteiger partial charge < -0.3 is 14.2 Å². The highest BCUT2D eigenvalue weighted by atomic mass is 16.5. The maximum atomic E-state index is 13.1. The van der Waals surface area contributed by atoms with Crippen LogP contribution in [-0.4, -0.2) is 53.2 Å². The minimum absolute atomic E-state index is 0.0558. The van der Waals surface area contributed by atoms with E-state index in [1.165, 1.54) is 0 Å². The van der Waals surface area contributed by atoms with Crippen LogP contribution in [0.1, 0.15) is 18.6 Å². The second-order valence-corrected chi connectivity index (χ2v) is 7.15. The Morgan fingerprint density at radius 1 is 1.38 bits per heavy atom. The summed E-state index contributed by atoms with van der Waals surface area (Å²) in [5, 5.41) is 3.96. The lowest BCUT2D eigenvalue weighted by Crippen LogP contribution is -2.45. The zero-order chi connectivity index (χ0) is 16.5. The van der Waals surface area contributed by atoms with Crippen LogP contribution in [0, 0.1) is 18.8 Å². The van der Waals surface area contributed by atoms with Crippen molar-refractivity contribution in [3.8, 4) is 0 Å². The maximum Gasteiger partial charge on any atom is 0.235 e. The minimum Gasteiger partial charge on any atom is -0.360 e. The first-order valence-corrected chi connectivity index (χ1v) is 8.50. The van der Waals surface area contributed by atoms with Crippen molar-refractivity contribution in [1.29, 1.82) is 0 Å². The fourth-order valence-corrected chi connectivity index (χ4v) is 4.60. The largest absolute Gasteiger partial charge is 0.360 e. The van der Waals surface area contributed by atoms with E-state index >= 15 is 0 Å². The van der Waals surface area contributed by atoms with Gasteiger partial charge in [0.05, 0.1) is 24.5 Å². The molecule has 24 heavy (non-hydrogen) atoms. The molecule has 1 spiro atoms. The van der Waals surface area contributed by atoms with Crippen LogP contribution >= 0.6 is 0 Å². The molecule has 0 aliphatic carbocycles. The summed E-state index contributed by atoms with van der Waals surface area (Å²) in [7, 11) is 0. The number of rotatable bonds is 2. The Labute approximate surface area is 139 Å². The van der Waals surface area contributed by atoms with Crippen molar-refractivity contribution >= 4 is 17.6 Å². The summed E-state index contributed by atoms with van der Waals surface area (Å²) in [6.07, 6.45) is 5.69. The lowest BCUT2D eigenvalue weighted by atomic mass is 9.76. The standard InChI is InChI=1S/C17H19N3O4/c1-10-8-12(18-24-10)20-9-17-5-4-11(23-17)13(14(17)16(20)22)15(21)19-6-2-3-7-19/h4-5,8,11,13-14H,2-3,6-7,9H2,1H3/t11-,13?,14?,17?/m1/s1. The van der Waals surface area contributed by atoms with Crippen molar-refractivity contribution in [2.75, 3.05) is 24.5 Å². The molecule has 3 fully saturated rings. The number of aromatic nitrogens is 1. The number of carbonyl (C=O) groups excluding carboxylic acids is 2. The number of fused-ring (bicyclic) bond motifs is 1. The summed E-state index contributed by atoms with van der Waals surface area (Å²) in [6.45, 7) is 3.74. The van der Waals surface area contributed by atoms with Crippen LogP contribution in [0.4, 0.5) is 5.82 Å². The van der Waals surface area contributed by atoms with Gasteiger partial charge >= 0.3 is 0 Å². The Hall–Kier alpha value is -2.15. The van der Waals surface area contributed by atoms with Crippen molar-refractivity contribution in [2.45, 2.75) is 31.5 Å². The zero-order valence-electron chi connectivity index (χ0n) is 13.5. The van der Waals surface area contributed by atoms with E-state index in [2.05, 4.69) is 5.16 Å². The van der Waals surface area contributed by atoms with Crippen molar-refractivity contribution < 1.29 is 18.8 Å². The molecule has 3 saturated heterocycles. The van der Waals surface area contributed by atoms with Gasteiger partial charge in [0.2, 0.25) is 11.8 Å². The fraction of sp³-hybridized carbons (Fsp3) is 0.588. The third kappa shape index (κ3) is 1.73. The van der Waals surface area contributed by atoms with Crippen LogP contribution in [0.5, 0.6) is 0 Å². The number of amides is 2. The first kappa shape index (κ1) is 14.2. The van der Waals surface area contributed by atoms with Crippen LogP contribution in [0.25, 0.3) is 0 Å². The highest BCUT2D eigenvalue weighted by Crippen LogP contribution is 2.53. The van der Waals surface area contributed by atoms with Gasteiger partial charge in [-0.05, 0) is 19.8 Å². The number of ether oxygens (including phenoxy) is 1. The average Bonchev–Trinajstić information content (AvgIpc) is 3.34. The highest BCUT2D eigenvalue weighted by Gasteiger charge is 2.67. The van der Waals surface area contributed by atoms with Crippen molar-refractivity contribution in [2.24, 2.45) is 11.8 Å². The van der Waals surface area contributed by atoms with E-state index in [4.69, 9.17) is 9.26 Å². The Balaban J connectivity index is 1.49. The molecule has 4 aliphatic rings. The van der Waals surface area contributed by atoms with E-state index in [9.17, 15) is 9.59 Å². The monoisotopic (exact) mass is 329 g/mol. The Morgan fingerprint density at radius 3 is 2.88 bits per heavy atom. The summed E-state index contributed by atoms with van der Waals surface area (Å²) >= 11 is 0. The van der Waals surface area contributed by atoms with E-state index in [-0.39, 0.29) is 17.9 Å². The Kier molecular flexibility index (Phi) is 2.78. The second-order valence-electron chi connectivity index (χ2n) is 7.15. The smallest absolute Gasteiger partial charge is 0.235 e. The van der Waals surface area contributed by atoms with Crippen LogP contribution < -0.4 is 4.90 Å². The van der Waals surface area contributed by atoms with Gasteiger partial charge in [-0.1, -0.05) is 17.3 Å². The number of aryl methyl sites for hydroxylation is 1. The topological polar surface area (TPSA) is 75.9 Å². The fourth-order valence-electron chi connectivity index (χ4n) is 4.60. The van der Waals surface area contributed by atoms with E-state index in [0.29, 0.717) is 18.1 Å². The van der Waals surface area contributed by atoms with E-state index in [1.807, 2.05) is 17.1 Å². The molecule has 1 aromatic heterocycles. The van der Waals surface area contributed by atoms with E-state index in [1.54, 1.807) is 17.9 Å². The zero-order valence-corrected chi connectivity index (χ0v) is 13.5. The van der Waals surface area contributed by atoms with Gasteiger partial charge in [-0.2, -0.15) is 0 Å². The van der Waals surface area contributed by atoms with Gasteiger partial charge in [0.25, 0.3) is 0 Å². The maximum absolute atomic E-state index is 13.1. The third-order valence-corrected chi connectivity index (χ3v) is 5.70. The SMILES string of the molecule is Cc1cc(N2CC34C=C[C@@H](O3)C(C(=O)N3CCCC3)C4C2=O)no1. The quantitative estimate of drug-likeness (QED) is 0.753. The predicted molar refractivity (Wildman–Crippen MR) is 83.1 cm³/mol. The van der Waals surface area contributed by atoms with Crippen LogP contribution in [0.3, 0.4) is 0 Å². The van der Waals surface area contributed by atoms with Gasteiger partial charge in [0, 0.05) is 19.2 Å². The minimum atomic E-state index is -0.700. The molecular weight excluding hydrogens is 310 g/mol. The molecule has 0 N–H and O–H groups in total. The second kappa shape index (κ2) is 4.69. The number of hydrogen-bond donors (Lipinski definition) is 0. The lowest BCUT2D eigenvalue weighted by molar-refractivity contribution is -0.139. The predicted octanol–water partition coefficient (Wildman–Crippen LogP) is 0.892. The first-order valence-electron chi connectivity index (χ1n) is 8.50. The number of hydrogen-bond acceptors (Lipinski definition) is 5. The molecule has 3 unspecified atom stereocenters. The van der Waals surface area contributed by atoms with E-state index in [0.717, 1.165) is 25.9 Å². The number of nitrogens with zero attached hydrogens (tertiary/aromatic N) is 3. The van der Waals surface area contributed by atoms with Crippen molar-refractivity contribution in [3.05, 3.63) is 24.0 Å². The lowest BCUT2D eigenvalue weighted by Gasteiger charge is -2.27. The molecule has 0 saturated carbocycles. The Morgan fingerprint density at radius 2 is 2.17 bits per heavy atom. The number of anilines is 1. The molecule has 5 heterocycles. The molecule has 2 amide bonds. The summed E-state index contributed by atoms with van der Waals surface area (Å²) in [6, 6.07) is 1.74. The van der Waals surface area contributed by atoms with Crippen molar-refractivity contribution in [1.82, 2.24) is 10.1 Å². The molecule has 7 heteroatoms. The van der Waals surface area contributed by atoms with Gasteiger partial charge in [-0.15, -0.1) is 0 Å². The normalized spacial score (nSPS) is 36.9. The van der Waals surface area contributed by atoms with Crippen molar-refractivity contribution in [3.63, 3.8) is 0 Å². The summed E-state index contributed by atoms with van der Waals surface area (Å²) in [5.74, 6) is 0.232. The summed E-state index contributed by atoms with van der Waals surface area (Å²) in [4.78, 5) is 29.5. The molecule has 4 aliphatic heterocycles. The van der Waals surface area contributed by atoms with Gasteiger partial charge in [-0.25, -0.2) is 0 Å². The molecule has 0 aromatic carbocycles. The van der Waals surface area contributed by atoms with Crippen LogP contribution in [0.15, 0.2) is 22.7 Å².